The number of hydrogen-bond donors (Lipinski definition) is 3. The number of rotatable bonds is 10. The topological polar surface area (TPSA) is 146 Å². The zero-order valence-corrected chi connectivity index (χ0v) is 22.6. The number of piperidine rings is 1. The van der Waals surface area contributed by atoms with Crippen LogP contribution in [0.1, 0.15) is 30.9 Å². The molecule has 3 atom stereocenters. The van der Waals surface area contributed by atoms with Crippen molar-refractivity contribution in [2.75, 3.05) is 24.6 Å². The van der Waals surface area contributed by atoms with Crippen LogP contribution in [0.2, 0.25) is 0 Å². The van der Waals surface area contributed by atoms with Crippen LogP contribution in [-0.2, 0) is 32.0 Å². The molecule has 3 aromatic rings. The van der Waals surface area contributed by atoms with E-state index in [0.717, 1.165) is 16.3 Å². The van der Waals surface area contributed by atoms with Gasteiger partial charge in [0.15, 0.2) is 0 Å². The summed E-state index contributed by atoms with van der Waals surface area (Å²) in [6.45, 7) is 2.16. The molecule has 1 heterocycles. The van der Waals surface area contributed by atoms with E-state index in [1.807, 2.05) is 24.3 Å². The van der Waals surface area contributed by atoms with Crippen molar-refractivity contribution in [3.05, 3.63) is 71.8 Å². The maximum absolute atomic E-state index is 13.9. The van der Waals surface area contributed by atoms with Crippen LogP contribution in [0.25, 0.3) is 10.8 Å². The highest BCUT2D eigenvalue weighted by Crippen LogP contribution is 2.31. The molecule has 206 valence electrons. The summed E-state index contributed by atoms with van der Waals surface area (Å²) >= 11 is -2.50. The zero-order valence-electron chi connectivity index (χ0n) is 21.8. The molecule has 1 saturated heterocycles. The van der Waals surface area contributed by atoms with Crippen molar-refractivity contribution < 1.29 is 27.8 Å². The third-order valence-corrected chi connectivity index (χ3v) is 7.61. The van der Waals surface area contributed by atoms with Gasteiger partial charge in [0.2, 0.25) is 5.91 Å². The Morgan fingerprint density at radius 2 is 1.90 bits per heavy atom. The zero-order chi connectivity index (χ0) is 28.1. The van der Waals surface area contributed by atoms with Crippen LogP contribution in [0.15, 0.2) is 60.7 Å². The molecule has 1 aliphatic rings. The van der Waals surface area contributed by atoms with Gasteiger partial charge in [-0.05, 0) is 60.4 Å². The lowest BCUT2D eigenvalue weighted by molar-refractivity contribution is -0.156. The lowest BCUT2D eigenvalue weighted by Gasteiger charge is -2.40. The first-order chi connectivity index (χ1) is 18.7. The average molecular weight is 553 g/mol. The smallest absolute Gasteiger partial charge is 0.329 e. The van der Waals surface area contributed by atoms with E-state index < -0.39 is 35.2 Å². The van der Waals surface area contributed by atoms with Crippen molar-refractivity contribution in [1.29, 1.82) is 5.41 Å². The molecule has 0 radical (unpaired) electrons. The minimum Gasteiger partial charge on any atom is -0.497 e. The van der Waals surface area contributed by atoms with Gasteiger partial charge < -0.3 is 20.1 Å². The molecule has 11 heteroatoms. The standard InChI is InChI=1S/C28H32N4O6S/c1-3-38-28(34)25(15-18-6-8-20(9-7-18)26(29)30)31-14-4-5-24(27(31)33)32(39(35)36)22-12-10-19-11-13-23(37-2)17-21(19)16-22/h6-13,16-17,24-25H,3-5,14-15H2,1-2H3,(H3,29,30)(H,35,36). The second-order valence-corrected chi connectivity index (χ2v) is 10.1. The van der Waals surface area contributed by atoms with Crippen molar-refractivity contribution in [2.24, 2.45) is 5.73 Å². The van der Waals surface area contributed by atoms with Crippen LogP contribution >= 0.6 is 0 Å². The molecule has 1 amide bonds. The number of ether oxygens (including phenoxy) is 2. The molecule has 3 unspecified atom stereocenters. The Kier molecular flexibility index (Phi) is 8.82. The molecular formula is C28H32N4O6S. The molecule has 1 aliphatic heterocycles. The van der Waals surface area contributed by atoms with Crippen molar-refractivity contribution >= 4 is 45.4 Å². The summed E-state index contributed by atoms with van der Waals surface area (Å²) in [5.41, 5.74) is 7.27. The van der Waals surface area contributed by atoms with Crippen molar-refractivity contribution in [1.82, 2.24) is 4.90 Å². The Morgan fingerprint density at radius 1 is 1.18 bits per heavy atom. The third-order valence-electron chi connectivity index (χ3n) is 6.81. The highest BCUT2D eigenvalue weighted by Gasteiger charge is 2.41. The second kappa shape index (κ2) is 12.3. The molecular weight excluding hydrogens is 520 g/mol. The average Bonchev–Trinajstić information content (AvgIpc) is 2.92. The highest BCUT2D eigenvalue weighted by molar-refractivity contribution is 7.80. The summed E-state index contributed by atoms with van der Waals surface area (Å²) in [4.78, 5) is 28.4. The number of nitrogen functional groups attached to an aromatic ring is 1. The van der Waals surface area contributed by atoms with Crippen LogP contribution in [0.3, 0.4) is 0 Å². The van der Waals surface area contributed by atoms with Gasteiger partial charge in [0.25, 0.3) is 11.3 Å². The van der Waals surface area contributed by atoms with Gasteiger partial charge in [0.05, 0.1) is 19.4 Å². The van der Waals surface area contributed by atoms with Crippen LogP contribution < -0.4 is 14.8 Å². The van der Waals surface area contributed by atoms with E-state index in [-0.39, 0.29) is 18.9 Å². The Balaban J connectivity index is 1.65. The van der Waals surface area contributed by atoms with Gasteiger partial charge >= 0.3 is 5.97 Å². The molecule has 3 aromatic carbocycles. The lowest BCUT2D eigenvalue weighted by Crippen LogP contribution is -2.58. The predicted molar refractivity (Wildman–Crippen MR) is 150 cm³/mol. The fourth-order valence-corrected chi connectivity index (χ4v) is 5.57. The van der Waals surface area contributed by atoms with Crippen LogP contribution in [0, 0.1) is 5.41 Å². The van der Waals surface area contributed by atoms with Crippen molar-refractivity contribution in [2.45, 2.75) is 38.3 Å². The summed E-state index contributed by atoms with van der Waals surface area (Å²) in [5, 5.41) is 9.29. The van der Waals surface area contributed by atoms with Gasteiger partial charge in [-0.25, -0.2) is 9.00 Å². The normalized spacial score (nSPS) is 16.9. The molecule has 4 N–H and O–H groups in total. The number of nitrogens with one attached hydrogen (secondary N) is 1. The fraction of sp³-hybridized carbons (Fsp3) is 0.321. The molecule has 0 aliphatic carbocycles. The van der Waals surface area contributed by atoms with Gasteiger partial charge in [-0.3, -0.25) is 19.1 Å². The number of esters is 1. The van der Waals surface area contributed by atoms with E-state index in [1.165, 1.54) is 9.21 Å². The fourth-order valence-electron chi connectivity index (χ4n) is 4.87. The second-order valence-electron chi connectivity index (χ2n) is 9.23. The quantitative estimate of drug-likeness (QED) is 0.151. The van der Waals surface area contributed by atoms with E-state index in [1.54, 1.807) is 50.4 Å². The molecule has 0 bridgehead atoms. The molecule has 10 nitrogen and oxygen atoms in total. The Morgan fingerprint density at radius 3 is 2.54 bits per heavy atom. The number of nitrogens with zero attached hydrogens (tertiary/aromatic N) is 2. The number of benzene rings is 3. The molecule has 0 spiro atoms. The first-order valence-corrected chi connectivity index (χ1v) is 13.7. The number of hydrogen-bond acceptors (Lipinski definition) is 6. The van der Waals surface area contributed by atoms with Crippen LogP contribution in [-0.4, -0.2) is 63.7 Å². The number of anilines is 1. The number of nitrogens with two attached hydrogens (primary N) is 1. The van der Waals surface area contributed by atoms with Gasteiger partial charge in [-0.1, -0.05) is 36.4 Å². The van der Waals surface area contributed by atoms with Gasteiger partial charge in [0, 0.05) is 18.5 Å². The summed E-state index contributed by atoms with van der Waals surface area (Å²) in [5.74, 6) is -0.393. The van der Waals surface area contributed by atoms with Crippen molar-refractivity contribution in [3.8, 4) is 5.75 Å². The van der Waals surface area contributed by atoms with E-state index in [9.17, 15) is 18.4 Å². The first kappa shape index (κ1) is 28.1. The SMILES string of the molecule is CCOC(=O)C(Cc1ccc(C(=N)N)cc1)N1CCCC(N(c2ccc3ccc(OC)cc3c2)S(=O)O)C1=O. The number of carbonyl (C=O) groups excluding carboxylic acids is 2. The number of amides is 1. The first-order valence-electron chi connectivity index (χ1n) is 12.6. The minimum absolute atomic E-state index is 0.0678. The Labute approximate surface area is 229 Å². The monoisotopic (exact) mass is 552 g/mol. The molecule has 1 fully saturated rings. The van der Waals surface area contributed by atoms with E-state index in [4.69, 9.17) is 20.6 Å². The number of carbonyl (C=O) groups is 2. The number of amidine groups is 1. The molecule has 39 heavy (non-hydrogen) atoms. The Hall–Kier alpha value is -3.96. The molecule has 0 aromatic heterocycles. The van der Waals surface area contributed by atoms with E-state index >= 15 is 0 Å². The largest absolute Gasteiger partial charge is 0.497 e. The van der Waals surface area contributed by atoms with Crippen molar-refractivity contribution in [3.63, 3.8) is 0 Å². The summed E-state index contributed by atoms with van der Waals surface area (Å²) in [6.07, 6.45) is 1.07. The lowest BCUT2D eigenvalue weighted by atomic mass is 9.97. The predicted octanol–water partition coefficient (Wildman–Crippen LogP) is 3.24. The third kappa shape index (κ3) is 6.21. The maximum atomic E-state index is 13.9. The summed E-state index contributed by atoms with van der Waals surface area (Å²) in [6, 6.07) is 15.8. The number of likely N-dealkylation sites (tertiary alicyclic amines) is 1. The van der Waals surface area contributed by atoms with E-state index in [0.29, 0.717) is 36.4 Å². The summed E-state index contributed by atoms with van der Waals surface area (Å²) in [7, 11) is 1.56. The van der Waals surface area contributed by atoms with Gasteiger partial charge in [0.1, 0.15) is 23.7 Å². The van der Waals surface area contributed by atoms with Gasteiger partial charge in [-0.2, -0.15) is 0 Å². The van der Waals surface area contributed by atoms with Crippen LogP contribution in [0.5, 0.6) is 5.75 Å². The Bertz CT molecular complexity index is 1400. The minimum atomic E-state index is -2.50. The molecule has 4 rings (SSSR count). The number of methoxy groups -OCH3 is 1. The maximum Gasteiger partial charge on any atom is 0.329 e. The van der Waals surface area contributed by atoms with Gasteiger partial charge in [-0.15, -0.1) is 0 Å². The summed E-state index contributed by atoms with van der Waals surface area (Å²) < 4.78 is 34.7. The molecule has 0 saturated carbocycles. The highest BCUT2D eigenvalue weighted by atomic mass is 32.2. The van der Waals surface area contributed by atoms with E-state index in [2.05, 4.69) is 0 Å². The number of fused-ring (bicyclic) bond motifs is 1. The van der Waals surface area contributed by atoms with Crippen LogP contribution in [0.4, 0.5) is 5.69 Å².